The zero-order valence-corrected chi connectivity index (χ0v) is 8.47. The summed E-state index contributed by atoms with van der Waals surface area (Å²) in [7, 11) is 1.52. The first kappa shape index (κ1) is 10.2. The van der Waals surface area contributed by atoms with Gasteiger partial charge in [0.15, 0.2) is 5.69 Å². The van der Waals surface area contributed by atoms with Gasteiger partial charge in [-0.1, -0.05) is 0 Å². The van der Waals surface area contributed by atoms with Crippen LogP contribution in [0.4, 0.5) is 5.95 Å². The number of anilines is 1. The van der Waals surface area contributed by atoms with Gasteiger partial charge in [-0.2, -0.15) is 0 Å². The van der Waals surface area contributed by atoms with Gasteiger partial charge in [-0.15, -0.1) is 0 Å². The molecule has 0 fully saturated rings. The molecule has 0 saturated carbocycles. The highest BCUT2D eigenvalue weighted by Gasteiger charge is 2.13. The predicted molar refractivity (Wildman–Crippen MR) is 57.5 cm³/mol. The summed E-state index contributed by atoms with van der Waals surface area (Å²) in [4.78, 5) is 18.6. The van der Waals surface area contributed by atoms with E-state index in [-0.39, 0.29) is 11.6 Å². The van der Waals surface area contributed by atoms with Crippen molar-refractivity contribution in [1.82, 2.24) is 9.97 Å². The van der Waals surface area contributed by atoms with Crippen molar-refractivity contribution >= 4 is 22.8 Å². The van der Waals surface area contributed by atoms with Crippen molar-refractivity contribution in [2.75, 3.05) is 12.8 Å². The first-order valence-corrected chi connectivity index (χ1v) is 4.46. The zero-order valence-electron chi connectivity index (χ0n) is 8.47. The molecule has 0 bridgehead atoms. The monoisotopic (exact) mass is 219 g/mol. The number of rotatable bonds is 2. The second-order valence-electron chi connectivity index (χ2n) is 3.12. The predicted octanol–water partition coefficient (Wildman–Crippen LogP) is 0.919. The summed E-state index contributed by atoms with van der Waals surface area (Å²) in [5.41, 5.74) is 5.77. The minimum atomic E-state index is -1.13. The number of benzene rings is 1. The highest BCUT2D eigenvalue weighted by Crippen LogP contribution is 2.22. The Balaban J connectivity index is 2.78. The molecule has 0 amide bonds. The Bertz CT molecular complexity index is 568. The van der Waals surface area contributed by atoms with Crippen LogP contribution < -0.4 is 10.5 Å². The lowest BCUT2D eigenvalue weighted by Crippen LogP contribution is -2.06. The maximum atomic E-state index is 10.9. The van der Waals surface area contributed by atoms with Crippen molar-refractivity contribution in [3.05, 3.63) is 23.9 Å². The quantitative estimate of drug-likeness (QED) is 0.779. The van der Waals surface area contributed by atoms with Gasteiger partial charge in [0.2, 0.25) is 5.95 Å². The van der Waals surface area contributed by atoms with E-state index in [2.05, 4.69) is 9.97 Å². The van der Waals surface area contributed by atoms with Crippen molar-refractivity contribution in [2.24, 2.45) is 0 Å². The molecule has 0 saturated heterocycles. The number of fused-ring (bicyclic) bond motifs is 1. The van der Waals surface area contributed by atoms with Crippen molar-refractivity contribution in [1.29, 1.82) is 0 Å². The van der Waals surface area contributed by atoms with E-state index in [4.69, 9.17) is 15.6 Å². The number of aromatic nitrogens is 2. The third kappa shape index (κ3) is 1.60. The number of aromatic carboxylic acids is 1. The number of methoxy groups -OCH3 is 1. The number of nitrogen functional groups attached to an aromatic ring is 1. The number of carboxylic acids is 1. The summed E-state index contributed by atoms with van der Waals surface area (Å²) < 4.78 is 5.01. The molecule has 2 aromatic rings. The van der Waals surface area contributed by atoms with Gasteiger partial charge in [-0.3, -0.25) is 0 Å². The molecule has 2 rings (SSSR count). The number of ether oxygens (including phenoxy) is 1. The molecule has 3 N–H and O–H groups in total. The normalized spacial score (nSPS) is 10.3. The highest BCUT2D eigenvalue weighted by molar-refractivity contribution is 6.01. The smallest absolute Gasteiger partial charge is 0.355 e. The van der Waals surface area contributed by atoms with Gasteiger partial charge in [0.1, 0.15) is 5.75 Å². The van der Waals surface area contributed by atoms with E-state index >= 15 is 0 Å². The molecule has 0 atom stereocenters. The van der Waals surface area contributed by atoms with Crippen LogP contribution in [-0.2, 0) is 0 Å². The van der Waals surface area contributed by atoms with Gasteiger partial charge in [-0.25, -0.2) is 14.8 Å². The zero-order chi connectivity index (χ0) is 11.7. The van der Waals surface area contributed by atoms with E-state index in [1.54, 1.807) is 18.2 Å². The second kappa shape index (κ2) is 3.65. The summed E-state index contributed by atoms with van der Waals surface area (Å²) >= 11 is 0. The Morgan fingerprint density at radius 3 is 2.81 bits per heavy atom. The molecule has 0 radical (unpaired) electrons. The summed E-state index contributed by atoms with van der Waals surface area (Å²) in [5, 5.41) is 9.39. The number of nitrogens with zero attached hydrogens (tertiary/aromatic N) is 2. The average Bonchev–Trinajstić information content (AvgIpc) is 2.26. The Morgan fingerprint density at radius 2 is 2.19 bits per heavy atom. The lowest BCUT2D eigenvalue weighted by molar-refractivity contribution is 0.0693. The summed E-state index contributed by atoms with van der Waals surface area (Å²) in [6, 6.07) is 4.85. The third-order valence-corrected chi connectivity index (χ3v) is 2.12. The van der Waals surface area contributed by atoms with Gasteiger partial charge in [0.25, 0.3) is 0 Å². The van der Waals surface area contributed by atoms with Crippen LogP contribution in [-0.4, -0.2) is 28.2 Å². The Hall–Kier alpha value is -2.37. The fraction of sp³-hybridized carbons (Fsp3) is 0.100. The molecule has 0 aliphatic carbocycles. The molecule has 1 heterocycles. The van der Waals surface area contributed by atoms with Gasteiger partial charge in [0.05, 0.1) is 12.6 Å². The summed E-state index contributed by atoms with van der Waals surface area (Å²) in [6.45, 7) is 0. The summed E-state index contributed by atoms with van der Waals surface area (Å²) in [6.07, 6.45) is 0. The van der Waals surface area contributed by atoms with Crippen molar-refractivity contribution in [3.8, 4) is 5.75 Å². The van der Waals surface area contributed by atoms with E-state index in [0.29, 0.717) is 16.7 Å². The number of hydrogen-bond donors (Lipinski definition) is 2. The molecule has 0 unspecified atom stereocenters. The van der Waals surface area contributed by atoms with Crippen LogP contribution in [0.15, 0.2) is 18.2 Å². The van der Waals surface area contributed by atoms with Crippen LogP contribution in [0.5, 0.6) is 5.75 Å². The molecular weight excluding hydrogens is 210 g/mol. The molecule has 16 heavy (non-hydrogen) atoms. The topological polar surface area (TPSA) is 98.3 Å². The maximum Gasteiger partial charge on any atom is 0.355 e. The van der Waals surface area contributed by atoms with Crippen LogP contribution in [0, 0.1) is 0 Å². The van der Waals surface area contributed by atoms with Gasteiger partial charge >= 0.3 is 5.97 Å². The summed E-state index contributed by atoms with van der Waals surface area (Å²) in [5.74, 6) is -0.621. The molecule has 1 aromatic heterocycles. The maximum absolute atomic E-state index is 10.9. The van der Waals surface area contributed by atoms with Gasteiger partial charge in [0, 0.05) is 11.5 Å². The molecule has 82 valence electrons. The molecule has 1 aromatic carbocycles. The van der Waals surface area contributed by atoms with Crippen molar-refractivity contribution in [3.63, 3.8) is 0 Å². The lowest BCUT2D eigenvalue weighted by atomic mass is 10.2. The Kier molecular flexibility index (Phi) is 2.32. The van der Waals surface area contributed by atoms with E-state index in [1.165, 1.54) is 7.11 Å². The number of nitrogens with two attached hydrogens (primary N) is 1. The van der Waals surface area contributed by atoms with Crippen molar-refractivity contribution < 1.29 is 14.6 Å². The molecule has 0 aliphatic heterocycles. The van der Waals surface area contributed by atoms with Crippen LogP contribution in [0.25, 0.3) is 10.9 Å². The van der Waals surface area contributed by atoms with Crippen LogP contribution in [0.3, 0.4) is 0 Å². The molecule has 0 spiro atoms. The SMILES string of the molecule is COc1ccc2c(C(=O)O)nc(N)nc2c1. The van der Waals surface area contributed by atoms with Crippen LogP contribution in [0.1, 0.15) is 10.5 Å². The molecule has 6 heteroatoms. The van der Waals surface area contributed by atoms with E-state index in [1.807, 2.05) is 0 Å². The standard InChI is InChI=1S/C10H9N3O3/c1-16-5-2-3-6-7(4-5)12-10(11)13-8(6)9(14)15/h2-4H,1H3,(H,14,15)(H2,11,12,13). The molecular formula is C10H9N3O3. The van der Waals surface area contributed by atoms with Crippen LogP contribution in [0.2, 0.25) is 0 Å². The van der Waals surface area contributed by atoms with E-state index < -0.39 is 5.97 Å². The Morgan fingerprint density at radius 1 is 1.44 bits per heavy atom. The van der Waals surface area contributed by atoms with Crippen LogP contribution >= 0.6 is 0 Å². The van der Waals surface area contributed by atoms with E-state index in [9.17, 15) is 4.79 Å². The number of carbonyl (C=O) groups is 1. The minimum Gasteiger partial charge on any atom is -0.497 e. The number of carboxylic acid groups (broad SMARTS) is 1. The highest BCUT2D eigenvalue weighted by atomic mass is 16.5. The fourth-order valence-electron chi connectivity index (χ4n) is 1.42. The lowest BCUT2D eigenvalue weighted by Gasteiger charge is -2.04. The third-order valence-electron chi connectivity index (χ3n) is 2.12. The largest absolute Gasteiger partial charge is 0.497 e. The first-order valence-electron chi connectivity index (χ1n) is 4.46. The minimum absolute atomic E-state index is 0.0712. The van der Waals surface area contributed by atoms with Gasteiger partial charge < -0.3 is 15.6 Å². The van der Waals surface area contributed by atoms with Gasteiger partial charge in [-0.05, 0) is 12.1 Å². The first-order chi connectivity index (χ1) is 7.61. The average molecular weight is 219 g/mol. The Labute approximate surface area is 90.7 Å². The number of hydrogen-bond acceptors (Lipinski definition) is 5. The molecule has 0 aliphatic rings. The van der Waals surface area contributed by atoms with Crippen molar-refractivity contribution in [2.45, 2.75) is 0 Å². The molecule has 6 nitrogen and oxygen atoms in total. The van der Waals surface area contributed by atoms with E-state index in [0.717, 1.165) is 0 Å². The second-order valence-corrected chi connectivity index (χ2v) is 3.12. The fourth-order valence-corrected chi connectivity index (χ4v) is 1.42.